The van der Waals surface area contributed by atoms with Gasteiger partial charge in [-0.2, -0.15) is 15.4 Å². The number of nitrogens with zero attached hydrogens (tertiary/aromatic N) is 4. The molecule has 1 N–H and O–H groups in total. The van der Waals surface area contributed by atoms with Crippen LogP contribution >= 0.6 is 0 Å². The van der Waals surface area contributed by atoms with Gasteiger partial charge in [-0.3, -0.25) is 4.79 Å². The average molecular weight is 221 g/mol. The second kappa shape index (κ2) is 4.13. The molecule has 0 aliphatic carbocycles. The van der Waals surface area contributed by atoms with E-state index in [4.69, 9.17) is 4.52 Å². The van der Waals surface area contributed by atoms with Crippen LogP contribution in [0.15, 0.2) is 16.8 Å². The summed E-state index contributed by atoms with van der Waals surface area (Å²) in [4.78, 5) is 13.3. The van der Waals surface area contributed by atoms with Crippen LogP contribution in [-0.4, -0.2) is 38.4 Å². The van der Waals surface area contributed by atoms with E-state index in [1.807, 2.05) is 0 Å². The van der Waals surface area contributed by atoms with Crippen LogP contribution in [0.25, 0.3) is 0 Å². The van der Waals surface area contributed by atoms with Gasteiger partial charge in [-0.1, -0.05) is 5.16 Å². The molecule has 0 saturated carbocycles. The van der Waals surface area contributed by atoms with E-state index in [1.165, 1.54) is 11.1 Å². The maximum atomic E-state index is 11.8. The molecule has 84 valence electrons. The lowest BCUT2D eigenvalue weighted by Gasteiger charge is -2.12. The summed E-state index contributed by atoms with van der Waals surface area (Å²) < 4.78 is 4.91. The maximum Gasteiger partial charge on any atom is 0.276 e. The summed E-state index contributed by atoms with van der Waals surface area (Å²) in [6.07, 6.45) is 1.38. The first kappa shape index (κ1) is 10.3. The fourth-order valence-corrected chi connectivity index (χ4v) is 1.31. The molecule has 0 radical (unpaired) electrons. The minimum absolute atomic E-state index is 0.214. The van der Waals surface area contributed by atoms with Crippen LogP contribution < -0.4 is 0 Å². The Morgan fingerprint density at radius 1 is 1.62 bits per heavy atom. The van der Waals surface area contributed by atoms with E-state index in [0.29, 0.717) is 12.2 Å². The highest BCUT2D eigenvalue weighted by molar-refractivity contribution is 5.91. The number of hydrogen-bond donors (Lipinski definition) is 1. The molecule has 2 rings (SSSR count). The van der Waals surface area contributed by atoms with Crippen molar-refractivity contribution in [1.82, 2.24) is 25.5 Å². The Morgan fingerprint density at radius 2 is 2.44 bits per heavy atom. The molecule has 0 bridgehead atoms. The summed E-state index contributed by atoms with van der Waals surface area (Å²) in [5.41, 5.74) is 0.986. The number of aromatic nitrogens is 4. The number of hydrogen-bond acceptors (Lipinski definition) is 5. The van der Waals surface area contributed by atoms with Crippen molar-refractivity contribution in [3.8, 4) is 0 Å². The van der Waals surface area contributed by atoms with Gasteiger partial charge < -0.3 is 9.42 Å². The average Bonchev–Trinajstić information content (AvgIpc) is 2.88. The number of amides is 1. The van der Waals surface area contributed by atoms with Gasteiger partial charge in [-0.15, -0.1) is 0 Å². The van der Waals surface area contributed by atoms with E-state index < -0.39 is 0 Å². The van der Waals surface area contributed by atoms with Gasteiger partial charge in [0.2, 0.25) is 0 Å². The Morgan fingerprint density at radius 3 is 3.00 bits per heavy atom. The Labute approximate surface area is 91.4 Å². The fraction of sp³-hybridized carbons (Fsp3) is 0.333. The van der Waals surface area contributed by atoms with Gasteiger partial charge in [0.1, 0.15) is 11.5 Å². The molecule has 1 amide bonds. The third-order valence-electron chi connectivity index (χ3n) is 2.06. The molecule has 0 fully saturated rings. The van der Waals surface area contributed by atoms with E-state index in [2.05, 4.69) is 20.6 Å². The first-order valence-corrected chi connectivity index (χ1v) is 4.70. The Balaban J connectivity index is 2.03. The molecule has 7 heteroatoms. The summed E-state index contributed by atoms with van der Waals surface area (Å²) >= 11 is 0. The summed E-state index contributed by atoms with van der Waals surface area (Å²) in [6.45, 7) is 2.18. The van der Waals surface area contributed by atoms with E-state index >= 15 is 0 Å². The first-order valence-electron chi connectivity index (χ1n) is 4.70. The van der Waals surface area contributed by atoms with E-state index in [0.717, 1.165) is 5.76 Å². The van der Waals surface area contributed by atoms with Crippen molar-refractivity contribution in [2.24, 2.45) is 0 Å². The van der Waals surface area contributed by atoms with Crippen molar-refractivity contribution in [1.29, 1.82) is 0 Å². The molecule has 0 aliphatic rings. The highest BCUT2D eigenvalue weighted by Gasteiger charge is 2.15. The summed E-state index contributed by atoms with van der Waals surface area (Å²) in [5.74, 6) is 0.506. The molecule has 16 heavy (non-hydrogen) atoms. The Bertz CT molecular complexity index is 476. The predicted octanol–water partition coefficient (Wildman–Crippen LogP) is 0.373. The quantitative estimate of drug-likeness (QED) is 0.809. The number of carbonyl (C=O) groups excluding carboxylic acids is 1. The third-order valence-corrected chi connectivity index (χ3v) is 2.06. The van der Waals surface area contributed by atoms with Crippen molar-refractivity contribution in [2.75, 3.05) is 7.05 Å². The van der Waals surface area contributed by atoms with Crippen LogP contribution in [0.1, 0.15) is 21.9 Å². The molecule has 7 nitrogen and oxygen atoms in total. The van der Waals surface area contributed by atoms with Gasteiger partial charge >= 0.3 is 0 Å². The van der Waals surface area contributed by atoms with Crippen LogP contribution in [0, 0.1) is 6.92 Å². The second-order valence-corrected chi connectivity index (χ2v) is 3.45. The molecule has 0 aliphatic heterocycles. The zero-order chi connectivity index (χ0) is 11.5. The van der Waals surface area contributed by atoms with E-state index in [9.17, 15) is 4.79 Å². The van der Waals surface area contributed by atoms with Crippen molar-refractivity contribution in [2.45, 2.75) is 13.5 Å². The molecular weight excluding hydrogens is 210 g/mol. The first-order chi connectivity index (χ1) is 7.66. The van der Waals surface area contributed by atoms with Crippen molar-refractivity contribution < 1.29 is 9.32 Å². The highest BCUT2D eigenvalue weighted by atomic mass is 16.5. The lowest BCUT2D eigenvalue weighted by atomic mass is 10.3. The SMILES string of the molecule is Cc1cc(CN(C)C(=O)c2cn[nH]n2)no1. The van der Waals surface area contributed by atoms with Gasteiger partial charge in [0, 0.05) is 13.1 Å². The number of nitrogens with one attached hydrogen (secondary N) is 1. The largest absolute Gasteiger partial charge is 0.361 e. The van der Waals surface area contributed by atoms with Crippen LogP contribution in [0.5, 0.6) is 0 Å². The normalized spacial score (nSPS) is 10.4. The molecule has 2 heterocycles. The molecule has 0 saturated heterocycles. The molecule has 0 aromatic carbocycles. The zero-order valence-corrected chi connectivity index (χ0v) is 8.97. The molecule has 0 atom stereocenters. The van der Waals surface area contributed by atoms with Gasteiger partial charge in [0.05, 0.1) is 12.7 Å². The summed E-state index contributed by atoms with van der Waals surface area (Å²) in [6, 6.07) is 1.78. The van der Waals surface area contributed by atoms with Crippen LogP contribution in [-0.2, 0) is 6.54 Å². The van der Waals surface area contributed by atoms with Gasteiger partial charge in [-0.25, -0.2) is 0 Å². The van der Waals surface area contributed by atoms with Gasteiger partial charge in [0.25, 0.3) is 5.91 Å². The number of aryl methyl sites for hydroxylation is 1. The minimum atomic E-state index is -0.214. The number of aromatic amines is 1. The topological polar surface area (TPSA) is 87.9 Å². The van der Waals surface area contributed by atoms with Crippen LogP contribution in [0.3, 0.4) is 0 Å². The summed E-state index contributed by atoms with van der Waals surface area (Å²) in [5, 5.41) is 13.5. The van der Waals surface area contributed by atoms with Gasteiger partial charge in [0.15, 0.2) is 5.69 Å². The van der Waals surface area contributed by atoms with Crippen molar-refractivity contribution in [3.05, 3.63) is 29.4 Å². The van der Waals surface area contributed by atoms with Crippen LogP contribution in [0.4, 0.5) is 0 Å². The van der Waals surface area contributed by atoms with Crippen molar-refractivity contribution >= 4 is 5.91 Å². The number of rotatable bonds is 3. The molecule has 2 aromatic rings. The molecule has 2 aromatic heterocycles. The molecular formula is C9H11N5O2. The van der Waals surface area contributed by atoms with E-state index in [1.54, 1.807) is 20.0 Å². The lowest BCUT2D eigenvalue weighted by molar-refractivity contribution is 0.0776. The smallest absolute Gasteiger partial charge is 0.276 e. The van der Waals surface area contributed by atoms with E-state index in [-0.39, 0.29) is 11.6 Å². The highest BCUT2D eigenvalue weighted by Crippen LogP contribution is 2.06. The maximum absolute atomic E-state index is 11.8. The third kappa shape index (κ3) is 2.08. The Kier molecular flexibility index (Phi) is 2.67. The van der Waals surface area contributed by atoms with Gasteiger partial charge in [-0.05, 0) is 6.92 Å². The molecule has 0 unspecified atom stereocenters. The number of carbonyl (C=O) groups is 1. The van der Waals surface area contributed by atoms with Crippen LogP contribution in [0.2, 0.25) is 0 Å². The molecule has 0 spiro atoms. The summed E-state index contributed by atoms with van der Waals surface area (Å²) in [7, 11) is 1.67. The predicted molar refractivity (Wildman–Crippen MR) is 53.4 cm³/mol. The van der Waals surface area contributed by atoms with Crippen molar-refractivity contribution in [3.63, 3.8) is 0 Å². The lowest BCUT2D eigenvalue weighted by Crippen LogP contribution is -2.26. The second-order valence-electron chi connectivity index (χ2n) is 3.45. The standard InChI is InChI=1S/C9H11N5O2/c1-6-3-7(12-16-6)5-14(2)9(15)8-4-10-13-11-8/h3-4H,5H2,1-2H3,(H,10,11,13). The Hall–Kier alpha value is -2.18. The monoisotopic (exact) mass is 221 g/mol. The zero-order valence-electron chi connectivity index (χ0n) is 8.97. The minimum Gasteiger partial charge on any atom is -0.361 e. The number of H-pyrrole nitrogens is 1. The fourth-order valence-electron chi connectivity index (χ4n) is 1.31.